The molecule has 8 heteroatoms. The van der Waals surface area contributed by atoms with Crippen LogP contribution in [0.4, 0.5) is 10.5 Å². The summed E-state index contributed by atoms with van der Waals surface area (Å²) in [6, 6.07) is 1.43. The third-order valence-electron chi connectivity index (χ3n) is 1.68. The topological polar surface area (TPSA) is 92.9 Å². The van der Waals surface area contributed by atoms with E-state index in [2.05, 4.69) is 20.5 Å². The fourth-order valence-electron chi connectivity index (χ4n) is 1.09. The lowest BCUT2D eigenvalue weighted by atomic mass is 10.4. The van der Waals surface area contributed by atoms with Gasteiger partial charge in [-0.05, 0) is 6.07 Å². The van der Waals surface area contributed by atoms with Gasteiger partial charge < -0.3 is 5.11 Å². The number of rotatable bonds is 2. The number of aromatic nitrogens is 4. The molecule has 0 saturated carbocycles. The van der Waals surface area contributed by atoms with Crippen LogP contribution in [0.25, 0.3) is 5.82 Å². The maximum atomic E-state index is 10.4. The van der Waals surface area contributed by atoms with E-state index < -0.39 is 6.09 Å². The zero-order chi connectivity index (χ0) is 11.5. The van der Waals surface area contributed by atoms with Gasteiger partial charge in [0.25, 0.3) is 0 Å². The van der Waals surface area contributed by atoms with Crippen molar-refractivity contribution in [2.45, 2.75) is 0 Å². The standard InChI is InChI=1S/C8H6ClN5O2/c9-6-3-5(13-8(15)16)4-10-7(6)14-11-1-2-12-14/h1-4,13H,(H,15,16). The molecule has 0 aromatic carbocycles. The summed E-state index contributed by atoms with van der Waals surface area (Å²) in [6.07, 6.45) is 3.13. The highest BCUT2D eigenvalue weighted by Gasteiger charge is 2.08. The highest BCUT2D eigenvalue weighted by atomic mass is 35.5. The van der Waals surface area contributed by atoms with Gasteiger partial charge >= 0.3 is 6.09 Å². The highest BCUT2D eigenvalue weighted by Crippen LogP contribution is 2.20. The molecular weight excluding hydrogens is 234 g/mol. The predicted octanol–water partition coefficient (Wildman–Crippen LogP) is 1.41. The molecule has 0 atom stereocenters. The monoisotopic (exact) mass is 239 g/mol. The second-order valence-corrected chi connectivity index (χ2v) is 3.19. The van der Waals surface area contributed by atoms with Crippen LogP contribution in [0.2, 0.25) is 5.02 Å². The van der Waals surface area contributed by atoms with Gasteiger partial charge in [-0.2, -0.15) is 10.2 Å². The van der Waals surface area contributed by atoms with Gasteiger partial charge in [-0.1, -0.05) is 11.6 Å². The number of halogens is 1. The minimum absolute atomic E-state index is 0.252. The molecule has 2 rings (SSSR count). The highest BCUT2D eigenvalue weighted by molar-refractivity contribution is 6.32. The van der Waals surface area contributed by atoms with Gasteiger partial charge in [-0.15, -0.1) is 4.80 Å². The number of carboxylic acid groups (broad SMARTS) is 1. The van der Waals surface area contributed by atoms with Crippen molar-refractivity contribution in [2.75, 3.05) is 5.32 Å². The number of hydrogen-bond donors (Lipinski definition) is 2. The molecule has 0 fully saturated rings. The Bertz CT molecular complexity index is 513. The number of amides is 1. The van der Waals surface area contributed by atoms with Crippen LogP contribution in [0.15, 0.2) is 24.7 Å². The molecule has 0 bridgehead atoms. The van der Waals surface area contributed by atoms with Gasteiger partial charge in [0.1, 0.15) is 0 Å². The Kier molecular flexibility index (Phi) is 2.69. The van der Waals surface area contributed by atoms with E-state index >= 15 is 0 Å². The Labute approximate surface area is 94.7 Å². The lowest BCUT2D eigenvalue weighted by Crippen LogP contribution is -2.09. The van der Waals surface area contributed by atoms with Crippen LogP contribution >= 0.6 is 11.6 Å². The lowest BCUT2D eigenvalue weighted by Gasteiger charge is -2.04. The Morgan fingerprint density at radius 1 is 1.44 bits per heavy atom. The van der Waals surface area contributed by atoms with Gasteiger partial charge in [0.05, 0.1) is 29.3 Å². The number of carbonyl (C=O) groups is 1. The molecule has 2 N–H and O–H groups in total. The summed E-state index contributed by atoms with van der Waals surface area (Å²) in [6.45, 7) is 0. The summed E-state index contributed by atoms with van der Waals surface area (Å²) in [5, 5.41) is 18.6. The van der Waals surface area contributed by atoms with Crippen molar-refractivity contribution in [3.05, 3.63) is 29.7 Å². The summed E-state index contributed by atoms with van der Waals surface area (Å²) in [5.41, 5.74) is 0.286. The molecule has 0 aliphatic rings. The summed E-state index contributed by atoms with van der Waals surface area (Å²) in [4.78, 5) is 15.6. The Balaban J connectivity index is 2.34. The number of anilines is 1. The van der Waals surface area contributed by atoms with Crippen LogP contribution in [0.3, 0.4) is 0 Å². The average Bonchev–Trinajstić information content (AvgIpc) is 2.69. The van der Waals surface area contributed by atoms with Crippen LogP contribution < -0.4 is 5.32 Å². The van der Waals surface area contributed by atoms with Gasteiger partial charge in [-0.3, -0.25) is 5.32 Å². The number of nitrogens with zero attached hydrogens (tertiary/aromatic N) is 4. The Morgan fingerprint density at radius 2 is 2.12 bits per heavy atom. The molecule has 16 heavy (non-hydrogen) atoms. The first kappa shape index (κ1) is 10.4. The molecule has 0 radical (unpaired) electrons. The van der Waals surface area contributed by atoms with Gasteiger partial charge in [-0.25, -0.2) is 9.78 Å². The van der Waals surface area contributed by atoms with Crippen LogP contribution in [0.1, 0.15) is 0 Å². The first-order valence-corrected chi connectivity index (χ1v) is 4.57. The normalized spacial score (nSPS) is 10.1. The number of nitrogens with one attached hydrogen (secondary N) is 1. The van der Waals surface area contributed by atoms with Crippen LogP contribution in [0, 0.1) is 0 Å². The zero-order valence-corrected chi connectivity index (χ0v) is 8.59. The van der Waals surface area contributed by atoms with Crippen LogP contribution in [-0.2, 0) is 0 Å². The first-order chi connectivity index (χ1) is 7.66. The summed E-state index contributed by atoms with van der Waals surface area (Å²) in [5.74, 6) is 0.336. The molecule has 2 heterocycles. The molecule has 0 spiro atoms. The van der Waals surface area contributed by atoms with E-state index in [0.717, 1.165) is 0 Å². The quantitative estimate of drug-likeness (QED) is 0.826. The van der Waals surface area contributed by atoms with E-state index in [1.807, 2.05) is 0 Å². The van der Waals surface area contributed by atoms with E-state index in [9.17, 15) is 4.79 Å². The minimum Gasteiger partial charge on any atom is -0.465 e. The van der Waals surface area contributed by atoms with Gasteiger partial charge in [0.15, 0.2) is 5.82 Å². The van der Waals surface area contributed by atoms with Gasteiger partial charge in [0, 0.05) is 0 Å². The molecule has 0 aliphatic carbocycles. The van der Waals surface area contributed by atoms with Crippen molar-refractivity contribution in [1.82, 2.24) is 20.0 Å². The predicted molar refractivity (Wildman–Crippen MR) is 55.8 cm³/mol. The van der Waals surface area contributed by atoms with Crippen molar-refractivity contribution in [1.29, 1.82) is 0 Å². The summed E-state index contributed by atoms with van der Waals surface area (Å²) < 4.78 is 0. The Hall–Kier alpha value is -2.15. The van der Waals surface area contributed by atoms with E-state index in [4.69, 9.17) is 16.7 Å². The second-order valence-electron chi connectivity index (χ2n) is 2.78. The third kappa shape index (κ3) is 2.09. The van der Waals surface area contributed by atoms with Crippen molar-refractivity contribution in [2.24, 2.45) is 0 Å². The molecule has 0 unspecified atom stereocenters. The largest absolute Gasteiger partial charge is 0.465 e. The van der Waals surface area contributed by atoms with Crippen molar-refractivity contribution in [3.63, 3.8) is 0 Å². The maximum absolute atomic E-state index is 10.4. The van der Waals surface area contributed by atoms with E-state index in [-0.39, 0.29) is 10.7 Å². The van der Waals surface area contributed by atoms with Crippen LogP contribution in [0.5, 0.6) is 0 Å². The third-order valence-corrected chi connectivity index (χ3v) is 1.96. The SMILES string of the molecule is O=C(O)Nc1cnc(-n2nccn2)c(Cl)c1. The van der Waals surface area contributed by atoms with E-state index in [0.29, 0.717) is 5.82 Å². The minimum atomic E-state index is -1.18. The summed E-state index contributed by atoms with van der Waals surface area (Å²) in [7, 11) is 0. The van der Waals surface area contributed by atoms with Crippen molar-refractivity contribution >= 4 is 23.4 Å². The van der Waals surface area contributed by atoms with Gasteiger partial charge in [0.2, 0.25) is 0 Å². The average molecular weight is 240 g/mol. The fraction of sp³-hybridized carbons (Fsp3) is 0. The molecule has 2 aromatic heterocycles. The van der Waals surface area contributed by atoms with Crippen LogP contribution in [-0.4, -0.2) is 31.2 Å². The first-order valence-electron chi connectivity index (χ1n) is 4.19. The zero-order valence-electron chi connectivity index (χ0n) is 7.83. The fourth-order valence-corrected chi connectivity index (χ4v) is 1.34. The molecule has 1 amide bonds. The lowest BCUT2D eigenvalue weighted by molar-refractivity contribution is 0.209. The second kappa shape index (κ2) is 4.15. The molecule has 7 nitrogen and oxygen atoms in total. The van der Waals surface area contributed by atoms with Crippen molar-refractivity contribution < 1.29 is 9.90 Å². The Morgan fingerprint density at radius 3 is 2.69 bits per heavy atom. The number of pyridine rings is 1. The molecule has 2 aromatic rings. The van der Waals surface area contributed by atoms with E-state index in [1.165, 1.54) is 29.5 Å². The summed E-state index contributed by atoms with van der Waals surface area (Å²) >= 11 is 5.91. The smallest absolute Gasteiger partial charge is 0.409 e. The molecular formula is C8H6ClN5O2. The van der Waals surface area contributed by atoms with E-state index in [1.54, 1.807) is 0 Å². The number of hydrogen-bond acceptors (Lipinski definition) is 4. The maximum Gasteiger partial charge on any atom is 0.409 e. The molecule has 82 valence electrons. The van der Waals surface area contributed by atoms with Crippen molar-refractivity contribution in [3.8, 4) is 5.82 Å². The molecule has 0 saturated heterocycles. The molecule has 0 aliphatic heterocycles.